The summed E-state index contributed by atoms with van der Waals surface area (Å²) in [5.74, 6) is 0.583. The molecule has 3 aromatic rings. The SMILES string of the molecule is CCCn1c(SCC(=O)Nc2ccc(C)c(S(=O)(=O)N(C)C)c2)nnc1-c1ccncc1. The van der Waals surface area contributed by atoms with E-state index in [0.717, 1.165) is 28.7 Å². The van der Waals surface area contributed by atoms with E-state index in [9.17, 15) is 13.2 Å². The summed E-state index contributed by atoms with van der Waals surface area (Å²) < 4.78 is 28.2. The van der Waals surface area contributed by atoms with E-state index in [-0.39, 0.29) is 16.6 Å². The largest absolute Gasteiger partial charge is 0.325 e. The van der Waals surface area contributed by atoms with Gasteiger partial charge in [0.15, 0.2) is 11.0 Å². The number of hydrogen-bond acceptors (Lipinski definition) is 7. The summed E-state index contributed by atoms with van der Waals surface area (Å²) in [6, 6.07) is 8.59. The quantitative estimate of drug-likeness (QED) is 0.475. The van der Waals surface area contributed by atoms with Gasteiger partial charge in [-0.25, -0.2) is 12.7 Å². The van der Waals surface area contributed by atoms with Crippen LogP contribution in [0.3, 0.4) is 0 Å². The minimum absolute atomic E-state index is 0.113. The lowest BCUT2D eigenvalue weighted by Crippen LogP contribution is -2.23. The molecule has 0 saturated heterocycles. The van der Waals surface area contributed by atoms with Gasteiger partial charge in [0.25, 0.3) is 0 Å². The zero-order valence-electron chi connectivity index (χ0n) is 18.4. The zero-order chi connectivity index (χ0) is 23.3. The Morgan fingerprint density at radius 1 is 1.16 bits per heavy atom. The molecule has 0 bridgehead atoms. The molecule has 3 rings (SSSR count). The fraction of sp³-hybridized carbons (Fsp3) is 0.333. The third-order valence-corrected chi connectivity index (χ3v) is 7.59. The third kappa shape index (κ3) is 5.34. The van der Waals surface area contributed by atoms with Gasteiger partial charge in [-0.2, -0.15) is 0 Å². The van der Waals surface area contributed by atoms with Crippen molar-refractivity contribution in [2.24, 2.45) is 0 Å². The number of nitrogens with one attached hydrogen (secondary N) is 1. The average molecular weight is 475 g/mol. The van der Waals surface area contributed by atoms with Crippen molar-refractivity contribution < 1.29 is 13.2 Å². The highest BCUT2D eigenvalue weighted by Crippen LogP contribution is 2.25. The number of nitrogens with zero attached hydrogens (tertiary/aromatic N) is 5. The summed E-state index contributed by atoms with van der Waals surface area (Å²) in [6.07, 6.45) is 4.29. The molecule has 0 unspecified atom stereocenters. The summed E-state index contributed by atoms with van der Waals surface area (Å²) in [5.41, 5.74) is 1.95. The summed E-state index contributed by atoms with van der Waals surface area (Å²) in [7, 11) is -0.655. The molecule has 1 N–H and O–H groups in total. The molecule has 32 heavy (non-hydrogen) atoms. The molecule has 0 aliphatic rings. The number of hydrogen-bond donors (Lipinski definition) is 1. The van der Waals surface area contributed by atoms with Crippen LogP contribution in [0.5, 0.6) is 0 Å². The van der Waals surface area contributed by atoms with Crippen molar-refractivity contribution in [2.45, 2.75) is 36.9 Å². The minimum atomic E-state index is -3.61. The number of pyridine rings is 1. The lowest BCUT2D eigenvalue weighted by Gasteiger charge is -2.15. The second-order valence-electron chi connectivity index (χ2n) is 7.30. The van der Waals surface area contributed by atoms with E-state index < -0.39 is 10.0 Å². The van der Waals surface area contributed by atoms with Crippen LogP contribution in [0, 0.1) is 6.92 Å². The number of rotatable bonds is 9. The van der Waals surface area contributed by atoms with E-state index in [1.54, 1.807) is 31.5 Å². The first-order chi connectivity index (χ1) is 15.2. The Hall–Kier alpha value is -2.76. The Morgan fingerprint density at radius 3 is 2.53 bits per heavy atom. The Bertz CT molecular complexity index is 1190. The molecule has 9 nitrogen and oxygen atoms in total. The lowest BCUT2D eigenvalue weighted by molar-refractivity contribution is -0.113. The topological polar surface area (TPSA) is 110 Å². The van der Waals surface area contributed by atoms with Crippen LogP contribution in [-0.2, 0) is 21.4 Å². The van der Waals surface area contributed by atoms with Gasteiger partial charge in [0.2, 0.25) is 15.9 Å². The Labute approximate surface area is 192 Å². The summed E-state index contributed by atoms with van der Waals surface area (Å²) in [6.45, 7) is 4.51. The predicted octanol–water partition coefficient (Wildman–Crippen LogP) is 3.04. The van der Waals surface area contributed by atoms with Crippen LogP contribution in [0.15, 0.2) is 52.8 Å². The van der Waals surface area contributed by atoms with Gasteiger partial charge in [0, 0.05) is 44.3 Å². The highest BCUT2D eigenvalue weighted by molar-refractivity contribution is 7.99. The fourth-order valence-corrected chi connectivity index (χ4v) is 4.92. The standard InChI is InChI=1S/C21H26N6O3S2/c1-5-12-27-20(16-8-10-22-11-9-16)24-25-21(27)31-14-19(28)23-17-7-6-15(2)18(13-17)32(29,30)26(3)4/h6-11,13H,5,12,14H2,1-4H3,(H,23,28). The van der Waals surface area contributed by atoms with Gasteiger partial charge in [-0.05, 0) is 43.2 Å². The van der Waals surface area contributed by atoms with E-state index in [4.69, 9.17) is 0 Å². The van der Waals surface area contributed by atoms with Crippen molar-refractivity contribution in [1.82, 2.24) is 24.1 Å². The number of sulfonamides is 1. The van der Waals surface area contributed by atoms with Crippen LogP contribution < -0.4 is 5.32 Å². The molecular formula is C21H26N6O3S2. The summed E-state index contributed by atoms with van der Waals surface area (Å²) >= 11 is 1.28. The van der Waals surface area contributed by atoms with Crippen LogP contribution in [0.2, 0.25) is 0 Å². The highest BCUT2D eigenvalue weighted by atomic mass is 32.2. The van der Waals surface area contributed by atoms with E-state index in [1.807, 2.05) is 16.7 Å². The average Bonchev–Trinajstić information content (AvgIpc) is 3.17. The molecule has 11 heteroatoms. The summed E-state index contributed by atoms with van der Waals surface area (Å²) in [5, 5.41) is 12.0. The van der Waals surface area contributed by atoms with Crippen molar-refractivity contribution in [3.63, 3.8) is 0 Å². The van der Waals surface area contributed by atoms with Gasteiger partial charge < -0.3 is 9.88 Å². The van der Waals surface area contributed by atoms with Gasteiger partial charge in [0.1, 0.15) is 0 Å². The zero-order valence-corrected chi connectivity index (χ0v) is 20.1. The third-order valence-electron chi connectivity index (χ3n) is 4.67. The van der Waals surface area contributed by atoms with E-state index in [0.29, 0.717) is 16.4 Å². The smallest absolute Gasteiger partial charge is 0.242 e. The van der Waals surface area contributed by atoms with E-state index in [2.05, 4.69) is 27.4 Å². The molecule has 1 aromatic carbocycles. The van der Waals surface area contributed by atoms with Crippen LogP contribution in [0.4, 0.5) is 5.69 Å². The predicted molar refractivity (Wildman–Crippen MR) is 125 cm³/mol. The number of carbonyl (C=O) groups excluding carboxylic acids is 1. The number of aryl methyl sites for hydroxylation is 1. The Balaban J connectivity index is 1.73. The van der Waals surface area contributed by atoms with Crippen molar-refractivity contribution in [3.8, 4) is 11.4 Å². The van der Waals surface area contributed by atoms with Gasteiger partial charge in [-0.15, -0.1) is 10.2 Å². The fourth-order valence-electron chi connectivity index (χ4n) is 3.01. The maximum Gasteiger partial charge on any atom is 0.242 e. The number of anilines is 1. The van der Waals surface area contributed by atoms with Crippen molar-refractivity contribution >= 4 is 33.4 Å². The maximum absolute atomic E-state index is 12.6. The highest BCUT2D eigenvalue weighted by Gasteiger charge is 2.21. The van der Waals surface area contributed by atoms with Gasteiger partial charge in [-0.1, -0.05) is 24.8 Å². The molecular weight excluding hydrogens is 448 g/mol. The molecule has 1 amide bonds. The number of aromatic nitrogens is 4. The van der Waals surface area contributed by atoms with Crippen LogP contribution >= 0.6 is 11.8 Å². The van der Waals surface area contributed by atoms with Gasteiger partial charge in [0.05, 0.1) is 10.6 Å². The molecule has 170 valence electrons. The number of benzene rings is 1. The molecule has 0 saturated carbocycles. The number of amides is 1. The first-order valence-electron chi connectivity index (χ1n) is 10.0. The maximum atomic E-state index is 12.6. The molecule has 0 atom stereocenters. The van der Waals surface area contributed by atoms with E-state index in [1.165, 1.54) is 31.9 Å². The van der Waals surface area contributed by atoms with Crippen LogP contribution in [0.25, 0.3) is 11.4 Å². The van der Waals surface area contributed by atoms with Gasteiger partial charge in [-0.3, -0.25) is 9.78 Å². The second kappa shape index (κ2) is 10.2. The normalized spacial score (nSPS) is 11.7. The van der Waals surface area contributed by atoms with Crippen molar-refractivity contribution in [3.05, 3.63) is 48.3 Å². The van der Waals surface area contributed by atoms with E-state index >= 15 is 0 Å². The molecule has 0 aliphatic carbocycles. The molecule has 0 aliphatic heterocycles. The Kier molecular flexibility index (Phi) is 7.64. The van der Waals surface area contributed by atoms with Crippen LogP contribution in [-0.4, -0.2) is 58.2 Å². The molecule has 0 spiro atoms. The molecule has 2 aromatic heterocycles. The second-order valence-corrected chi connectivity index (χ2v) is 10.4. The molecule has 0 fully saturated rings. The van der Waals surface area contributed by atoms with Crippen molar-refractivity contribution in [1.29, 1.82) is 0 Å². The first kappa shape index (κ1) is 23.9. The van der Waals surface area contributed by atoms with Gasteiger partial charge >= 0.3 is 0 Å². The first-order valence-corrected chi connectivity index (χ1v) is 12.5. The number of thioether (sulfide) groups is 1. The summed E-state index contributed by atoms with van der Waals surface area (Å²) in [4.78, 5) is 16.8. The van der Waals surface area contributed by atoms with Crippen LogP contribution in [0.1, 0.15) is 18.9 Å². The molecule has 2 heterocycles. The molecule has 0 radical (unpaired) electrons. The minimum Gasteiger partial charge on any atom is -0.325 e. The van der Waals surface area contributed by atoms with Crippen molar-refractivity contribution in [2.75, 3.05) is 25.2 Å². The lowest BCUT2D eigenvalue weighted by atomic mass is 10.2. The Morgan fingerprint density at radius 2 is 1.88 bits per heavy atom. The number of carbonyl (C=O) groups is 1. The monoisotopic (exact) mass is 474 g/mol.